The Morgan fingerprint density at radius 1 is 0.372 bits per heavy atom. The summed E-state index contributed by atoms with van der Waals surface area (Å²) in [7, 11) is -25.7. The van der Waals surface area contributed by atoms with Gasteiger partial charge in [-0.1, -0.05) is 315 Å². The maximum atomic E-state index is 9.87. The van der Waals surface area contributed by atoms with Gasteiger partial charge in [-0.3, -0.25) is 0 Å². The predicted octanol–water partition coefficient (Wildman–Crippen LogP) is 39.1. The van der Waals surface area contributed by atoms with Crippen molar-refractivity contribution < 1.29 is 154 Å². The van der Waals surface area contributed by atoms with Crippen LogP contribution in [0.25, 0.3) is 6.08 Å². The van der Waals surface area contributed by atoms with E-state index in [-0.39, 0.29) is 134 Å². The van der Waals surface area contributed by atoms with Crippen molar-refractivity contribution in [1.82, 2.24) is 0 Å². The van der Waals surface area contributed by atoms with Crippen molar-refractivity contribution in [3.63, 3.8) is 0 Å². The number of aryl methyl sites for hydroxylation is 1. The number of fused-ring (bicyclic) bond motifs is 3. The molecule has 0 bridgehead atoms. The number of nitrogens with zero attached hydrogens (tertiary/aromatic N) is 6. The molecule has 145 heavy (non-hydrogen) atoms. The van der Waals surface area contributed by atoms with Crippen LogP contribution >= 0.6 is 23.4 Å². The van der Waals surface area contributed by atoms with E-state index in [0.717, 1.165) is 89.3 Å². The SMILES string of the molecule is C.C.C.C1=CCC=C1.C1=CCC=C1.C1=CCC=C1.CC(C)CCN1C(=CC2=[N+](C)CCO2)C(C)(CCCCC2C=CC=C2)c2ccccc21.CC(C)CCN1C(=CC=CC2=[N+](C)CCO2)C(C)(CCCCC2C=CC=C2)c2ccccc21.CC(C)CCN1C(=CC=Cc2occ[n+]2C)C(C)(CCCCC2C=CC=C2)c2ccccc21.F[P-](F)(F)(F)(F)F.F[P-](F)(F)(F)(F)F.F[P-](F)(F)(F)(F)F.[CH3-].[CH3-].[CH3-].[CH3-].[CH3-].[CH3-].[Fe+2].[Fe+2].[Fe+2]. The second kappa shape index (κ2) is 62.3. The first-order chi connectivity index (χ1) is 61.8. The molecule has 0 amide bonds. The van der Waals surface area contributed by atoms with E-state index >= 15 is 0 Å². The number of ether oxygens (including phenoxy) is 2. The number of allylic oxidation sites excluding steroid dienone is 31. The van der Waals surface area contributed by atoms with Crippen LogP contribution in [0.15, 0.2) is 289 Å². The first kappa shape index (κ1) is 148. The number of unbranched alkanes of at least 4 members (excludes halogenated alkanes) is 3. The summed E-state index contributed by atoms with van der Waals surface area (Å²) in [6.45, 7) is 27.9. The van der Waals surface area contributed by atoms with E-state index in [1.54, 1.807) is 6.26 Å². The van der Waals surface area contributed by atoms with Gasteiger partial charge in [0.15, 0.2) is 32.6 Å². The Kier molecular flexibility index (Phi) is 63.6. The quantitative estimate of drug-likeness (QED) is 0.0135. The normalized spacial score (nSPS) is 20.6. The Hall–Kier alpha value is -7.62. The Morgan fingerprint density at radius 2 is 0.634 bits per heavy atom. The molecule has 15 rings (SSSR count). The molecule has 3 unspecified atom stereocenters. The van der Waals surface area contributed by atoms with Gasteiger partial charge in [0.05, 0.1) is 12.2 Å². The molecule has 5 aliphatic heterocycles. The Bertz CT molecular complexity index is 4920. The van der Waals surface area contributed by atoms with E-state index in [4.69, 9.17) is 13.9 Å². The molecule has 1 aromatic heterocycles. The number of aromatic nitrogens is 1. The first-order valence-electron chi connectivity index (χ1n) is 46.0. The summed E-state index contributed by atoms with van der Waals surface area (Å²) in [5.41, 5.74) is 12.9. The van der Waals surface area contributed by atoms with Gasteiger partial charge in [0.1, 0.15) is 21.1 Å². The number of hydrogen-bond donors (Lipinski definition) is 0. The summed E-state index contributed by atoms with van der Waals surface area (Å²) in [6.07, 6.45) is 93.1. The maximum absolute atomic E-state index is 10.7. The van der Waals surface area contributed by atoms with E-state index in [1.807, 2.05) is 17.8 Å². The molecular formula is C112H167F18Fe3N6O3P3. The fourth-order valence-corrected chi connectivity index (χ4v) is 16.9. The van der Waals surface area contributed by atoms with Crippen LogP contribution in [0.5, 0.6) is 0 Å². The van der Waals surface area contributed by atoms with Gasteiger partial charge >= 0.3 is 168 Å². The van der Waals surface area contributed by atoms with Crippen molar-refractivity contribution in [2.75, 3.05) is 74.7 Å². The summed E-state index contributed by atoms with van der Waals surface area (Å²) >= 11 is 0. The third kappa shape index (κ3) is 57.8. The van der Waals surface area contributed by atoms with Crippen LogP contribution in [0.1, 0.15) is 223 Å². The third-order valence-corrected chi connectivity index (χ3v) is 23.7. The number of rotatable bonds is 29. The minimum Gasteiger partial charge on any atom is -0.358 e. The van der Waals surface area contributed by atoms with Gasteiger partial charge in [-0.2, -0.15) is 13.7 Å². The van der Waals surface area contributed by atoms with Gasteiger partial charge in [0, 0.05) is 76.1 Å². The topological polar surface area (TPSA) is 51.2 Å². The largest absolute Gasteiger partial charge is 2.00 e. The van der Waals surface area contributed by atoms with Gasteiger partial charge in [0.25, 0.3) is 0 Å². The number of oxazole rings is 1. The zero-order valence-electron chi connectivity index (χ0n) is 85.7. The van der Waals surface area contributed by atoms with Gasteiger partial charge in [-0.25, -0.2) is 0 Å². The molecule has 11 aliphatic rings. The van der Waals surface area contributed by atoms with Crippen LogP contribution in [0.4, 0.5) is 92.6 Å². The maximum Gasteiger partial charge on any atom is 2.00 e. The fraction of sp³-hybridized carbons (Fsp3) is 0.438. The number of para-hydroxylation sites is 3. The molecule has 6 aliphatic carbocycles. The average molecular weight is 2250 g/mol. The van der Waals surface area contributed by atoms with Crippen molar-refractivity contribution in [2.24, 2.45) is 42.6 Å². The second-order valence-electron chi connectivity index (χ2n) is 36.7. The van der Waals surface area contributed by atoms with Crippen molar-refractivity contribution in [3.05, 3.63) is 352 Å². The standard InChI is InChI=1S/C30H41N2O.C30H39N2O.C28H39N2O.3C5H6.3CH4.6CH3.3F6P.3Fe/c2*1-24(2)19-21-32-27-16-8-7-15-26(27)30(3,20-10-9-14-25-12-5-6-13-25)28(32)17-11-18-29-31(4)22-23-33-29;1-22(2)16-18-30-25-15-8-7-14-24(25)28(3,17-10-9-13-23-11-5-6-12-23)26(30)21-27-29(4)19-20-31-27;3*1-2-4-5-3-1;;;;;;;;;;3*1-7(2,3,4,5)6;;;/h5-8,11-13,15-18,24-25H,9-10,14,19-23H2,1-4H3;5-8,11-13,15-18,22-25H,9-10,14,19-21H2,1-4H3;5-8,11-12,14-15,21-23H,9-10,13,16-20H2,1-4H3;3*1-4H,5H2;3*1H4;6*1H3;;;;;;/q3*+1;;;;;;;9*-1;3*+2. The van der Waals surface area contributed by atoms with Gasteiger partial charge in [-0.15, -0.1) is 0 Å². The number of likely N-dealkylation sites (N-methyl/N-ethyl adjacent to an activating group) is 2. The number of anilines is 3. The van der Waals surface area contributed by atoms with Crippen molar-refractivity contribution in [1.29, 1.82) is 0 Å². The molecule has 0 radical (unpaired) electrons. The monoisotopic (exact) mass is 2250 g/mol. The minimum absolute atomic E-state index is 0. The molecule has 6 heterocycles. The molecule has 9 nitrogen and oxygen atoms in total. The van der Waals surface area contributed by atoms with Gasteiger partial charge < -0.3 is 73.2 Å². The molecule has 0 spiro atoms. The summed E-state index contributed by atoms with van der Waals surface area (Å²) in [5.74, 6) is 6.79. The van der Waals surface area contributed by atoms with Crippen LogP contribution in [-0.2, 0) is 84.0 Å². The van der Waals surface area contributed by atoms with Crippen LogP contribution < -0.4 is 19.3 Å². The molecule has 0 saturated carbocycles. The van der Waals surface area contributed by atoms with Crippen molar-refractivity contribution in [2.45, 2.75) is 216 Å². The number of hydrogen-bond acceptors (Lipinski definition) is 6. The summed E-state index contributed by atoms with van der Waals surface area (Å²) in [6, 6.07) is 27.2. The van der Waals surface area contributed by atoms with E-state index in [1.165, 1.54) is 141 Å². The fourth-order valence-electron chi connectivity index (χ4n) is 16.9. The van der Waals surface area contributed by atoms with Crippen LogP contribution in [0, 0.1) is 80.1 Å². The Labute approximate surface area is 892 Å². The summed E-state index contributed by atoms with van der Waals surface area (Å²) < 4.78 is 201. The molecule has 4 aromatic rings. The molecule has 0 saturated heterocycles. The van der Waals surface area contributed by atoms with E-state index in [2.05, 4.69) is 361 Å². The predicted molar refractivity (Wildman–Crippen MR) is 577 cm³/mol. The van der Waals surface area contributed by atoms with Crippen LogP contribution in [0.2, 0.25) is 0 Å². The van der Waals surface area contributed by atoms with E-state index < -0.39 is 23.4 Å². The minimum atomic E-state index is -10.7. The van der Waals surface area contributed by atoms with E-state index in [9.17, 15) is 75.5 Å². The van der Waals surface area contributed by atoms with E-state index in [0.29, 0.717) is 35.5 Å². The molecular weight excluding hydrogens is 2080 g/mol. The van der Waals surface area contributed by atoms with Crippen molar-refractivity contribution >= 4 is 58.4 Å². The molecule has 3 atom stereocenters. The Balaban J connectivity index is -0.000000410. The summed E-state index contributed by atoms with van der Waals surface area (Å²) in [4.78, 5) is 7.75. The van der Waals surface area contributed by atoms with Crippen LogP contribution in [-0.4, -0.2) is 81.0 Å². The third-order valence-electron chi connectivity index (χ3n) is 23.7. The smallest absolute Gasteiger partial charge is 0.358 e. The van der Waals surface area contributed by atoms with Gasteiger partial charge in [-0.05, 0) is 180 Å². The molecule has 0 fully saturated rings. The molecule has 0 N–H and O–H groups in total. The Morgan fingerprint density at radius 3 is 0.883 bits per heavy atom. The second-order valence-corrected chi connectivity index (χ2v) is 42.4. The van der Waals surface area contributed by atoms with Gasteiger partial charge in [0.2, 0.25) is 6.20 Å². The van der Waals surface area contributed by atoms with Crippen molar-refractivity contribution in [3.8, 4) is 0 Å². The average Bonchev–Trinajstić information content (AvgIpc) is 1.58. The molecule has 828 valence electrons. The zero-order chi connectivity index (χ0) is 98.2. The number of benzene rings is 3. The summed E-state index contributed by atoms with van der Waals surface area (Å²) in [5, 5.41) is 0. The first-order valence-corrected chi connectivity index (χ1v) is 52.1. The molecule has 33 heteroatoms. The molecule has 3 aromatic carbocycles. The zero-order valence-corrected chi connectivity index (χ0v) is 91.7. The van der Waals surface area contributed by atoms with Crippen LogP contribution in [0.3, 0.4) is 0 Å². The number of halogens is 18.